The predicted molar refractivity (Wildman–Crippen MR) is 67.8 cm³/mol. The zero-order valence-electron chi connectivity index (χ0n) is 10.9. The van der Waals surface area contributed by atoms with Gasteiger partial charge in [-0.2, -0.15) is 0 Å². The van der Waals surface area contributed by atoms with E-state index in [1.165, 1.54) is 25.7 Å². The number of amides is 2. The molecule has 1 saturated heterocycles. The molecule has 18 heavy (non-hydrogen) atoms. The van der Waals surface area contributed by atoms with E-state index in [4.69, 9.17) is 0 Å². The minimum absolute atomic E-state index is 0.0933. The van der Waals surface area contributed by atoms with Crippen LogP contribution in [0.4, 0.5) is 0 Å². The Hall–Kier alpha value is -1.06. The molecule has 3 rings (SSSR count). The Kier molecular flexibility index (Phi) is 3.27. The van der Waals surface area contributed by atoms with Crippen LogP contribution >= 0.6 is 0 Å². The van der Waals surface area contributed by atoms with E-state index in [1.54, 1.807) is 0 Å². The molecular weight excluding hydrogens is 228 g/mol. The molecule has 0 aromatic rings. The molecular formula is C14H22N2O2. The van der Waals surface area contributed by atoms with Gasteiger partial charge in [0, 0.05) is 25.6 Å². The molecule has 2 aliphatic carbocycles. The Morgan fingerprint density at radius 1 is 1.22 bits per heavy atom. The van der Waals surface area contributed by atoms with Gasteiger partial charge >= 0.3 is 0 Å². The first-order valence-electron chi connectivity index (χ1n) is 7.31. The molecule has 0 radical (unpaired) electrons. The number of hydrogen-bond acceptors (Lipinski definition) is 2. The molecule has 0 bridgehead atoms. The maximum Gasteiger partial charge on any atom is 0.225 e. The first-order chi connectivity index (χ1) is 8.74. The Balaban J connectivity index is 1.51. The van der Waals surface area contributed by atoms with Crippen LogP contribution < -0.4 is 5.32 Å². The minimum atomic E-state index is -0.100. The summed E-state index contributed by atoms with van der Waals surface area (Å²) in [5.74, 6) is 0.887. The number of carbonyl (C=O) groups excluding carboxylic acids is 2. The second-order valence-electron chi connectivity index (χ2n) is 6.07. The van der Waals surface area contributed by atoms with Crippen molar-refractivity contribution in [2.45, 2.75) is 51.0 Å². The Bertz CT molecular complexity index is 346. The van der Waals surface area contributed by atoms with Gasteiger partial charge in [0.15, 0.2) is 0 Å². The lowest BCUT2D eigenvalue weighted by molar-refractivity contribution is -0.130. The summed E-state index contributed by atoms with van der Waals surface area (Å²) in [4.78, 5) is 25.9. The highest BCUT2D eigenvalue weighted by atomic mass is 16.2. The fraction of sp³-hybridized carbons (Fsp3) is 0.857. The summed E-state index contributed by atoms with van der Waals surface area (Å²) in [6.45, 7) is 1.47. The van der Waals surface area contributed by atoms with E-state index in [0.717, 1.165) is 19.4 Å². The fourth-order valence-corrected chi connectivity index (χ4v) is 3.19. The standard InChI is InChI=1S/C14H22N2O2/c17-13-7-11(14(18)15-8-10-5-6-10)9-16(13)12-3-1-2-4-12/h10-12H,1-9H2,(H,15,18)/t11-/m0/s1. The van der Waals surface area contributed by atoms with E-state index >= 15 is 0 Å². The maximum atomic E-state index is 12.0. The zero-order valence-corrected chi connectivity index (χ0v) is 10.9. The highest BCUT2D eigenvalue weighted by Gasteiger charge is 2.38. The van der Waals surface area contributed by atoms with Crippen molar-refractivity contribution in [1.29, 1.82) is 0 Å². The number of likely N-dealkylation sites (tertiary alicyclic amines) is 1. The topological polar surface area (TPSA) is 49.4 Å². The maximum absolute atomic E-state index is 12.0. The number of nitrogens with zero attached hydrogens (tertiary/aromatic N) is 1. The molecule has 0 spiro atoms. The summed E-state index contributed by atoms with van der Waals surface area (Å²) < 4.78 is 0. The van der Waals surface area contributed by atoms with Gasteiger partial charge in [-0.1, -0.05) is 12.8 Å². The van der Waals surface area contributed by atoms with Gasteiger partial charge in [0.1, 0.15) is 0 Å². The first-order valence-corrected chi connectivity index (χ1v) is 7.31. The molecule has 1 heterocycles. The van der Waals surface area contributed by atoms with Crippen molar-refractivity contribution < 1.29 is 9.59 Å². The summed E-state index contributed by atoms with van der Waals surface area (Å²) in [7, 11) is 0. The third-order valence-electron chi connectivity index (χ3n) is 4.56. The summed E-state index contributed by atoms with van der Waals surface area (Å²) in [6, 6.07) is 0.415. The first kappa shape index (κ1) is 12.0. The van der Waals surface area contributed by atoms with Gasteiger partial charge in [-0.25, -0.2) is 0 Å². The van der Waals surface area contributed by atoms with E-state index in [0.29, 0.717) is 24.9 Å². The van der Waals surface area contributed by atoms with Crippen molar-refractivity contribution in [2.75, 3.05) is 13.1 Å². The molecule has 3 aliphatic rings. The van der Waals surface area contributed by atoms with E-state index in [2.05, 4.69) is 5.32 Å². The van der Waals surface area contributed by atoms with Crippen LogP contribution in [0.1, 0.15) is 44.9 Å². The molecule has 1 atom stereocenters. The van der Waals surface area contributed by atoms with Gasteiger partial charge in [-0.15, -0.1) is 0 Å². The molecule has 3 fully saturated rings. The molecule has 1 N–H and O–H groups in total. The van der Waals surface area contributed by atoms with Gasteiger partial charge in [-0.3, -0.25) is 9.59 Å². The summed E-state index contributed by atoms with van der Waals surface area (Å²) in [5.41, 5.74) is 0. The van der Waals surface area contributed by atoms with E-state index in [9.17, 15) is 9.59 Å². The number of hydrogen-bond donors (Lipinski definition) is 1. The predicted octanol–water partition coefficient (Wildman–Crippen LogP) is 1.30. The number of carbonyl (C=O) groups is 2. The van der Waals surface area contributed by atoms with Crippen molar-refractivity contribution in [3.8, 4) is 0 Å². The van der Waals surface area contributed by atoms with Gasteiger partial charge < -0.3 is 10.2 Å². The van der Waals surface area contributed by atoms with Crippen molar-refractivity contribution in [3.05, 3.63) is 0 Å². The molecule has 1 aliphatic heterocycles. The lowest BCUT2D eigenvalue weighted by Gasteiger charge is -2.23. The monoisotopic (exact) mass is 250 g/mol. The molecule has 100 valence electrons. The Labute approximate surface area is 108 Å². The summed E-state index contributed by atoms with van der Waals surface area (Å²) in [6.07, 6.45) is 7.63. The van der Waals surface area contributed by atoms with Crippen LogP contribution in [0.5, 0.6) is 0 Å². The van der Waals surface area contributed by atoms with Gasteiger partial charge in [-0.05, 0) is 31.6 Å². The van der Waals surface area contributed by atoms with Crippen LogP contribution in [-0.2, 0) is 9.59 Å². The van der Waals surface area contributed by atoms with Crippen molar-refractivity contribution >= 4 is 11.8 Å². The van der Waals surface area contributed by atoms with Gasteiger partial charge in [0.05, 0.1) is 5.92 Å². The van der Waals surface area contributed by atoms with Crippen molar-refractivity contribution in [1.82, 2.24) is 10.2 Å². The second-order valence-corrected chi connectivity index (χ2v) is 6.07. The van der Waals surface area contributed by atoms with E-state index in [-0.39, 0.29) is 17.7 Å². The van der Waals surface area contributed by atoms with Crippen molar-refractivity contribution in [2.24, 2.45) is 11.8 Å². The third-order valence-corrected chi connectivity index (χ3v) is 4.56. The third kappa shape index (κ3) is 2.52. The highest BCUT2D eigenvalue weighted by molar-refractivity contribution is 5.89. The quantitative estimate of drug-likeness (QED) is 0.817. The normalized spacial score (nSPS) is 29.0. The number of rotatable bonds is 4. The average molecular weight is 250 g/mol. The fourth-order valence-electron chi connectivity index (χ4n) is 3.19. The molecule has 2 amide bonds. The van der Waals surface area contributed by atoms with E-state index in [1.807, 2.05) is 4.90 Å². The van der Waals surface area contributed by atoms with Crippen LogP contribution in [0.15, 0.2) is 0 Å². The smallest absolute Gasteiger partial charge is 0.225 e. The average Bonchev–Trinajstić information content (AvgIpc) is 2.87. The highest BCUT2D eigenvalue weighted by Crippen LogP contribution is 2.30. The molecule has 0 aromatic carbocycles. The van der Waals surface area contributed by atoms with Crippen LogP contribution in [0.2, 0.25) is 0 Å². The zero-order chi connectivity index (χ0) is 12.5. The lowest BCUT2D eigenvalue weighted by Crippen LogP contribution is -2.37. The Morgan fingerprint density at radius 3 is 2.61 bits per heavy atom. The molecule has 2 saturated carbocycles. The summed E-state index contributed by atoms with van der Waals surface area (Å²) >= 11 is 0. The van der Waals surface area contributed by atoms with Crippen molar-refractivity contribution in [3.63, 3.8) is 0 Å². The minimum Gasteiger partial charge on any atom is -0.356 e. The van der Waals surface area contributed by atoms with Gasteiger partial charge in [0.25, 0.3) is 0 Å². The largest absolute Gasteiger partial charge is 0.356 e. The lowest BCUT2D eigenvalue weighted by atomic mass is 10.1. The SMILES string of the molecule is O=C(NCC1CC1)[C@H]1CC(=O)N(C2CCCC2)C1. The van der Waals surface area contributed by atoms with Crippen LogP contribution in [0.3, 0.4) is 0 Å². The van der Waals surface area contributed by atoms with Crippen LogP contribution in [0.25, 0.3) is 0 Å². The van der Waals surface area contributed by atoms with E-state index < -0.39 is 0 Å². The van der Waals surface area contributed by atoms with Crippen LogP contribution in [-0.4, -0.2) is 35.8 Å². The molecule has 0 unspecified atom stereocenters. The number of nitrogens with one attached hydrogen (secondary N) is 1. The summed E-state index contributed by atoms with van der Waals surface area (Å²) in [5, 5.41) is 3.00. The molecule has 4 heteroatoms. The molecule has 4 nitrogen and oxygen atoms in total. The van der Waals surface area contributed by atoms with Gasteiger partial charge in [0.2, 0.25) is 11.8 Å². The second kappa shape index (κ2) is 4.90. The molecule has 0 aromatic heterocycles. The van der Waals surface area contributed by atoms with Crippen LogP contribution in [0, 0.1) is 11.8 Å². The Morgan fingerprint density at radius 2 is 1.94 bits per heavy atom.